The van der Waals surface area contributed by atoms with Gasteiger partial charge < -0.3 is 9.41 Å². The monoisotopic (exact) mass is 435 g/mol. The van der Waals surface area contributed by atoms with Gasteiger partial charge in [-0.2, -0.15) is 0 Å². The maximum atomic E-state index is 2.61. The Kier molecular flexibility index (Phi) is 6.60. The van der Waals surface area contributed by atoms with Gasteiger partial charge >= 0.3 is 150 Å². The Hall–Kier alpha value is -0.600. The Morgan fingerprint density at radius 1 is 1.00 bits per heavy atom. The van der Waals surface area contributed by atoms with Crippen LogP contribution in [0.15, 0.2) is 50.3 Å². The average Bonchev–Trinajstić information content (AvgIpc) is 3.01. The van der Waals surface area contributed by atoms with E-state index in [1.165, 1.54) is 12.0 Å². The fourth-order valence-electron chi connectivity index (χ4n) is 4.71. The van der Waals surface area contributed by atoms with Crippen LogP contribution in [-0.2, 0) is 20.9 Å². The van der Waals surface area contributed by atoms with Crippen molar-refractivity contribution in [1.29, 1.82) is 0 Å². The quantitative estimate of drug-likeness (QED) is 0.574. The third kappa shape index (κ3) is 3.25. The first-order valence-electron chi connectivity index (χ1n) is 9.12. The summed E-state index contributed by atoms with van der Waals surface area (Å²) in [6, 6.07) is 12.5. The first-order chi connectivity index (χ1) is 11.1. The molecule has 1 heterocycles. The molecule has 1 fully saturated rings. The van der Waals surface area contributed by atoms with Crippen molar-refractivity contribution in [2.45, 2.75) is 49.8 Å². The van der Waals surface area contributed by atoms with E-state index in [0.29, 0.717) is 0 Å². The smallest absolute Gasteiger partial charge is 1.00 e. The minimum absolute atomic E-state index is 0. The van der Waals surface area contributed by atoms with E-state index in [2.05, 4.69) is 64.1 Å². The molecule has 0 bridgehead atoms. The molecule has 0 nitrogen and oxygen atoms in total. The zero-order valence-electron chi connectivity index (χ0n) is 15.6. The molecule has 1 saturated heterocycles. The number of rotatable bonds is 3. The van der Waals surface area contributed by atoms with Crippen LogP contribution >= 0.6 is 0 Å². The standard InChI is InChI=1S/C9H7.C9H13.C3H7Si.2FH.Zr/c1-2-5-9-7-3-6-8(9)4-1;1-6-5-7(2)9(4)8(6)3;1-2-4-3-1;;;/h1-7H;6H,1-4H3;4H,1-3H2;2*1H;/q;;;;;+2/p-2. The van der Waals surface area contributed by atoms with Gasteiger partial charge in [0.25, 0.3) is 0 Å². The van der Waals surface area contributed by atoms with E-state index < -0.39 is 26.8 Å². The van der Waals surface area contributed by atoms with Gasteiger partial charge in [0.1, 0.15) is 0 Å². The van der Waals surface area contributed by atoms with Gasteiger partial charge in [0.05, 0.1) is 0 Å². The molecule has 2 atom stereocenters. The molecule has 2 aliphatic carbocycles. The molecular weight excluding hydrogens is 410 g/mol. The van der Waals surface area contributed by atoms with Crippen LogP contribution < -0.4 is 9.41 Å². The van der Waals surface area contributed by atoms with E-state index in [1.807, 2.05) is 3.28 Å². The van der Waals surface area contributed by atoms with Crippen molar-refractivity contribution in [3.63, 3.8) is 0 Å². The topological polar surface area (TPSA) is 0 Å². The molecule has 0 saturated carbocycles. The summed E-state index contributed by atoms with van der Waals surface area (Å²) in [4.78, 5) is 0. The van der Waals surface area contributed by atoms with E-state index in [0.717, 1.165) is 9.54 Å². The number of allylic oxidation sites excluding steroid dienone is 5. The van der Waals surface area contributed by atoms with Gasteiger partial charge in [0, 0.05) is 0 Å². The normalized spacial score (nSPS) is 24.6. The van der Waals surface area contributed by atoms with Crippen LogP contribution in [0.5, 0.6) is 0 Å². The first kappa shape index (κ1) is 20.7. The van der Waals surface area contributed by atoms with Gasteiger partial charge in [0.15, 0.2) is 0 Å². The Morgan fingerprint density at radius 3 is 2.24 bits per heavy atom. The summed E-state index contributed by atoms with van der Waals surface area (Å²) in [5.41, 5.74) is 8.18. The third-order valence-electron chi connectivity index (χ3n) is 6.63. The Labute approximate surface area is 159 Å². The Balaban J connectivity index is 0.00000113. The van der Waals surface area contributed by atoms with Crippen LogP contribution in [-0.4, -0.2) is 5.92 Å². The molecule has 2 unspecified atom stereocenters. The minimum atomic E-state index is -1.60. The van der Waals surface area contributed by atoms with E-state index >= 15 is 0 Å². The second-order valence-electron chi connectivity index (χ2n) is 7.62. The van der Waals surface area contributed by atoms with Gasteiger partial charge in [0.2, 0.25) is 0 Å². The van der Waals surface area contributed by atoms with Gasteiger partial charge in [-0.25, -0.2) is 0 Å². The molecule has 0 spiro atoms. The van der Waals surface area contributed by atoms with Gasteiger partial charge in [-0.15, -0.1) is 0 Å². The van der Waals surface area contributed by atoms with Crippen molar-refractivity contribution in [1.82, 2.24) is 0 Å². The average molecular weight is 437 g/mol. The second kappa shape index (κ2) is 7.96. The van der Waals surface area contributed by atoms with Crippen molar-refractivity contribution >= 4 is 12.0 Å². The van der Waals surface area contributed by atoms with E-state index in [1.54, 1.807) is 34.4 Å². The minimum Gasteiger partial charge on any atom is -1.00 e. The fraction of sp³-hybridized carbons (Fsp3) is 0.429. The number of fused-ring (bicyclic) bond motifs is 1. The molecule has 3 aliphatic rings. The van der Waals surface area contributed by atoms with Gasteiger partial charge in [-0.05, 0) is 0 Å². The summed E-state index contributed by atoms with van der Waals surface area (Å²) in [6.45, 7) is 9.70. The van der Waals surface area contributed by atoms with Crippen LogP contribution in [0.4, 0.5) is 0 Å². The molecule has 0 amide bonds. The molecule has 133 valence electrons. The van der Waals surface area contributed by atoms with Gasteiger partial charge in [-0.1, -0.05) is 0 Å². The summed E-state index contributed by atoms with van der Waals surface area (Å²) >= 11 is -1.60. The molecule has 0 radical (unpaired) electrons. The second-order valence-corrected chi connectivity index (χ2v) is 25.0. The SMILES string of the molecule is CC1=C(C)C(C)[C]([Zr+2]([CH]2C=Cc3ccccc32)[SiH]2CCC2)=C1C.[F-].[F-]. The zero-order valence-corrected chi connectivity index (χ0v) is 19.2. The summed E-state index contributed by atoms with van der Waals surface area (Å²) in [5.74, 6) is 0.297. The van der Waals surface area contributed by atoms with Crippen LogP contribution in [0.3, 0.4) is 0 Å². The summed E-state index contributed by atoms with van der Waals surface area (Å²) in [6.07, 6.45) is 6.57. The van der Waals surface area contributed by atoms with Crippen LogP contribution in [0.25, 0.3) is 6.08 Å². The molecule has 25 heavy (non-hydrogen) atoms. The third-order valence-corrected chi connectivity index (χ3v) is 30.8. The number of halogens is 2. The largest absolute Gasteiger partial charge is 1.00 e. The van der Waals surface area contributed by atoms with Crippen molar-refractivity contribution in [2.75, 3.05) is 0 Å². The molecule has 0 N–H and O–H groups in total. The Morgan fingerprint density at radius 2 is 1.68 bits per heavy atom. The molecule has 4 heteroatoms. The number of benzene rings is 1. The van der Waals surface area contributed by atoms with Crippen LogP contribution in [0.1, 0.15) is 48.9 Å². The van der Waals surface area contributed by atoms with Crippen molar-refractivity contribution in [3.8, 4) is 0 Å². The maximum Gasteiger partial charge on any atom is -1.00 e. The van der Waals surface area contributed by atoms with E-state index in [-0.39, 0.29) is 9.41 Å². The number of hydrogen-bond acceptors (Lipinski definition) is 0. The van der Waals surface area contributed by atoms with Crippen LogP contribution in [0, 0.1) is 5.92 Å². The molecular formula is C21H27F2SiZr. The molecule has 1 aliphatic heterocycles. The predicted octanol–water partition coefficient (Wildman–Crippen LogP) is -0.232. The molecule has 1 aromatic rings. The Bertz CT molecular complexity index is 746. The molecule has 4 rings (SSSR count). The van der Waals surface area contributed by atoms with Gasteiger partial charge in [-0.3, -0.25) is 0 Å². The fourth-order valence-corrected chi connectivity index (χ4v) is 32.5. The predicted molar refractivity (Wildman–Crippen MR) is 99.8 cm³/mol. The summed E-state index contributed by atoms with van der Waals surface area (Å²) < 4.78 is 2.85. The van der Waals surface area contributed by atoms with Crippen molar-refractivity contribution < 1.29 is 30.3 Å². The van der Waals surface area contributed by atoms with E-state index in [9.17, 15) is 0 Å². The molecule has 0 aromatic heterocycles. The summed E-state index contributed by atoms with van der Waals surface area (Å²) in [7, 11) is 0. The maximum absolute atomic E-state index is 2.61. The zero-order chi connectivity index (χ0) is 16.1. The van der Waals surface area contributed by atoms with Crippen LogP contribution in [0.2, 0.25) is 12.1 Å². The molecule has 1 aromatic carbocycles. The summed E-state index contributed by atoms with van der Waals surface area (Å²) in [5, 5.41) is 0. The van der Waals surface area contributed by atoms with E-state index in [4.69, 9.17) is 0 Å². The number of hydrogen-bond donors (Lipinski definition) is 0. The van der Waals surface area contributed by atoms with Crippen molar-refractivity contribution in [2.24, 2.45) is 5.92 Å². The van der Waals surface area contributed by atoms with Crippen molar-refractivity contribution in [3.05, 3.63) is 61.5 Å². The first-order valence-corrected chi connectivity index (χ1v) is 18.2.